The summed E-state index contributed by atoms with van der Waals surface area (Å²) in [6, 6.07) is 21.7. The molecule has 0 saturated carbocycles. The Hall–Kier alpha value is -4.45. The van der Waals surface area contributed by atoms with E-state index in [1.165, 1.54) is 0 Å². The fraction of sp³-hybridized carbons (Fsp3) is 0.316. The van der Waals surface area contributed by atoms with E-state index >= 15 is 0 Å². The Labute approximate surface area is 289 Å². The third-order valence-corrected chi connectivity index (χ3v) is 9.31. The fourth-order valence-corrected chi connectivity index (χ4v) is 6.66. The largest absolute Gasteiger partial charge is 0.493 e. The highest BCUT2D eigenvalue weighted by Gasteiger charge is 2.26. The normalized spacial score (nSPS) is 14.9. The third-order valence-electron chi connectivity index (χ3n) is 9.03. The van der Waals surface area contributed by atoms with Gasteiger partial charge >= 0.3 is 5.97 Å². The number of oxazole rings is 1. The van der Waals surface area contributed by atoms with E-state index in [0.717, 1.165) is 56.7 Å². The number of hydrogen-bond donors (Lipinski definition) is 4. The first-order valence-electron chi connectivity index (χ1n) is 16.2. The Kier molecular flexibility index (Phi) is 10.5. The van der Waals surface area contributed by atoms with Gasteiger partial charge in [0.25, 0.3) is 0 Å². The van der Waals surface area contributed by atoms with Crippen LogP contribution >= 0.6 is 11.6 Å². The van der Waals surface area contributed by atoms with Crippen LogP contribution < -0.4 is 14.8 Å². The summed E-state index contributed by atoms with van der Waals surface area (Å²) in [5.41, 5.74) is 9.13. The Bertz CT molecular complexity index is 1980. The molecule has 5 aromatic rings. The van der Waals surface area contributed by atoms with Gasteiger partial charge in [0, 0.05) is 42.7 Å². The van der Waals surface area contributed by atoms with Crippen molar-refractivity contribution in [2.75, 3.05) is 33.4 Å². The highest BCUT2D eigenvalue weighted by Crippen LogP contribution is 2.39. The molecule has 1 aliphatic rings. The first-order chi connectivity index (χ1) is 23.6. The fourth-order valence-electron chi connectivity index (χ4n) is 6.39. The van der Waals surface area contributed by atoms with E-state index in [1.54, 1.807) is 0 Å². The van der Waals surface area contributed by atoms with Crippen molar-refractivity contribution < 1.29 is 34.0 Å². The quantitative estimate of drug-likeness (QED) is 0.112. The van der Waals surface area contributed by atoms with Crippen LogP contribution in [0.1, 0.15) is 40.3 Å². The second-order valence-corrected chi connectivity index (χ2v) is 12.8. The van der Waals surface area contributed by atoms with E-state index in [4.69, 9.17) is 35.6 Å². The molecular formula is C38H40ClN3O7. The lowest BCUT2D eigenvalue weighted by molar-refractivity contribution is -0.138. The number of likely N-dealkylation sites (N-methyl/N-ethyl adjacent to an activating group) is 1. The van der Waals surface area contributed by atoms with Crippen LogP contribution in [0.5, 0.6) is 11.5 Å². The topological polar surface area (TPSA) is 138 Å². The van der Waals surface area contributed by atoms with Gasteiger partial charge < -0.3 is 34.5 Å². The third kappa shape index (κ3) is 7.59. The molecule has 256 valence electrons. The number of aromatic nitrogens is 1. The second kappa shape index (κ2) is 15.0. The van der Waals surface area contributed by atoms with Crippen molar-refractivity contribution in [3.05, 3.63) is 99.6 Å². The maximum absolute atomic E-state index is 11.3. The smallest absolute Gasteiger partial charge is 0.317 e. The SMILES string of the molecule is Cc1c(COc2ccc3c(c2)OCCC3N(C)CC(=O)O)cccc1-c1cccc(-c2nc3cc(CNC[C@H](O)CO)cc(Cl)c3o2)c1C. The minimum Gasteiger partial charge on any atom is -0.493 e. The van der Waals surface area contributed by atoms with Gasteiger partial charge in [0.1, 0.15) is 23.6 Å². The average molecular weight is 686 g/mol. The number of rotatable bonds is 13. The van der Waals surface area contributed by atoms with E-state index in [9.17, 15) is 15.0 Å². The van der Waals surface area contributed by atoms with Crippen LogP contribution in [0, 0.1) is 13.8 Å². The molecule has 10 nitrogen and oxygen atoms in total. The highest BCUT2D eigenvalue weighted by molar-refractivity contribution is 6.34. The summed E-state index contributed by atoms with van der Waals surface area (Å²) < 4.78 is 18.4. The van der Waals surface area contributed by atoms with Gasteiger partial charge in [-0.05, 0) is 78.5 Å². The number of carboxylic acids is 1. The van der Waals surface area contributed by atoms with E-state index in [2.05, 4.69) is 37.4 Å². The van der Waals surface area contributed by atoms with Crippen molar-refractivity contribution in [3.63, 3.8) is 0 Å². The summed E-state index contributed by atoms with van der Waals surface area (Å²) in [5.74, 6) is 1.01. The van der Waals surface area contributed by atoms with E-state index < -0.39 is 12.1 Å². The Morgan fingerprint density at radius 3 is 2.61 bits per heavy atom. The van der Waals surface area contributed by atoms with Crippen LogP contribution in [-0.2, 0) is 17.9 Å². The van der Waals surface area contributed by atoms with Crippen LogP contribution in [0.4, 0.5) is 0 Å². The zero-order valence-corrected chi connectivity index (χ0v) is 28.5. The molecular weight excluding hydrogens is 646 g/mol. The molecule has 0 bridgehead atoms. The number of hydrogen-bond acceptors (Lipinski definition) is 9. The monoisotopic (exact) mass is 685 g/mol. The molecule has 49 heavy (non-hydrogen) atoms. The van der Waals surface area contributed by atoms with Crippen molar-refractivity contribution in [3.8, 4) is 34.1 Å². The molecule has 2 heterocycles. The van der Waals surface area contributed by atoms with Gasteiger partial charge in [-0.1, -0.05) is 48.0 Å². The van der Waals surface area contributed by atoms with Gasteiger partial charge in [0.05, 0.1) is 30.9 Å². The number of aliphatic hydroxyl groups is 2. The number of carbonyl (C=O) groups is 1. The molecule has 1 aromatic heterocycles. The summed E-state index contributed by atoms with van der Waals surface area (Å²) in [6.07, 6.45) is -0.105. The van der Waals surface area contributed by atoms with E-state index in [-0.39, 0.29) is 25.7 Å². The average Bonchev–Trinajstić information content (AvgIpc) is 3.52. The molecule has 0 saturated heterocycles. The Morgan fingerprint density at radius 1 is 1.08 bits per heavy atom. The van der Waals surface area contributed by atoms with Gasteiger partial charge in [-0.25, -0.2) is 4.98 Å². The molecule has 0 aliphatic carbocycles. The standard InChI is InChI=1S/C38H40ClN3O7/c1-22-25(21-48-27-10-11-31-34(42(3)19-36(45)46)12-13-47-35(31)16-27)6-4-7-28(22)29-8-5-9-30(23(29)2)38-41-33-15-24(14-32(39)37(33)49-38)17-40-18-26(44)20-43/h4-11,14-16,26,34,40,43-44H,12-13,17-21H2,1-3H3,(H,45,46)/t26-,34?/m0/s1. The maximum atomic E-state index is 11.3. The van der Waals surface area contributed by atoms with E-state index in [0.29, 0.717) is 47.5 Å². The molecule has 4 aromatic carbocycles. The molecule has 1 unspecified atom stereocenters. The van der Waals surface area contributed by atoms with E-state index in [1.807, 2.05) is 60.5 Å². The summed E-state index contributed by atoms with van der Waals surface area (Å²) in [4.78, 5) is 17.9. The number of aliphatic hydroxyl groups excluding tert-OH is 2. The zero-order valence-electron chi connectivity index (χ0n) is 27.7. The van der Waals surface area contributed by atoms with Crippen LogP contribution in [-0.4, -0.2) is 70.6 Å². The van der Waals surface area contributed by atoms with Crippen molar-refractivity contribution >= 4 is 28.7 Å². The molecule has 0 amide bonds. The lowest BCUT2D eigenvalue weighted by Crippen LogP contribution is -2.33. The number of fused-ring (bicyclic) bond motifs is 2. The second-order valence-electron chi connectivity index (χ2n) is 12.4. The summed E-state index contributed by atoms with van der Waals surface area (Å²) in [6.45, 7) is 5.38. The number of ether oxygens (including phenoxy) is 2. The Morgan fingerprint density at radius 2 is 1.84 bits per heavy atom. The maximum Gasteiger partial charge on any atom is 0.317 e. The first kappa shape index (κ1) is 34.4. The number of benzene rings is 4. The molecule has 1 aliphatic heterocycles. The van der Waals surface area contributed by atoms with Gasteiger partial charge in [0.2, 0.25) is 5.89 Å². The molecule has 0 radical (unpaired) electrons. The molecule has 0 fully saturated rings. The number of nitrogens with zero attached hydrogens (tertiary/aromatic N) is 2. The molecule has 0 spiro atoms. The van der Waals surface area contributed by atoms with Crippen LogP contribution in [0.2, 0.25) is 5.02 Å². The summed E-state index contributed by atoms with van der Waals surface area (Å²) in [7, 11) is 1.82. The van der Waals surface area contributed by atoms with Crippen molar-refractivity contribution in [2.45, 2.75) is 45.6 Å². The molecule has 6 rings (SSSR count). The van der Waals surface area contributed by atoms with Crippen molar-refractivity contribution in [1.29, 1.82) is 0 Å². The number of nitrogens with one attached hydrogen (secondary N) is 1. The summed E-state index contributed by atoms with van der Waals surface area (Å²) >= 11 is 6.59. The summed E-state index contributed by atoms with van der Waals surface area (Å²) in [5, 5.41) is 31.5. The van der Waals surface area contributed by atoms with Crippen molar-refractivity contribution in [1.82, 2.24) is 15.2 Å². The number of carboxylic acid groups (broad SMARTS) is 1. The van der Waals surface area contributed by atoms with Crippen LogP contribution in [0.3, 0.4) is 0 Å². The van der Waals surface area contributed by atoms with Gasteiger partial charge in [-0.15, -0.1) is 0 Å². The lowest BCUT2D eigenvalue weighted by atomic mass is 9.91. The highest BCUT2D eigenvalue weighted by atomic mass is 35.5. The van der Waals surface area contributed by atoms with Crippen LogP contribution in [0.25, 0.3) is 33.7 Å². The molecule has 11 heteroatoms. The van der Waals surface area contributed by atoms with Crippen molar-refractivity contribution in [2.24, 2.45) is 0 Å². The number of aliphatic carboxylic acids is 1. The predicted octanol–water partition coefficient (Wildman–Crippen LogP) is 6.29. The van der Waals surface area contributed by atoms with Gasteiger partial charge in [0.15, 0.2) is 5.58 Å². The first-order valence-corrected chi connectivity index (χ1v) is 16.6. The van der Waals surface area contributed by atoms with Gasteiger partial charge in [-0.3, -0.25) is 9.69 Å². The lowest BCUT2D eigenvalue weighted by Gasteiger charge is -2.32. The zero-order chi connectivity index (χ0) is 34.7. The van der Waals surface area contributed by atoms with Crippen LogP contribution in [0.15, 0.2) is 71.1 Å². The number of halogens is 1. The Balaban J connectivity index is 1.21. The molecule has 4 N–H and O–H groups in total. The predicted molar refractivity (Wildman–Crippen MR) is 188 cm³/mol. The minimum atomic E-state index is -0.858. The minimum absolute atomic E-state index is 0.0305. The molecule has 2 atom stereocenters. The van der Waals surface area contributed by atoms with Gasteiger partial charge in [-0.2, -0.15) is 0 Å².